The van der Waals surface area contributed by atoms with Gasteiger partial charge in [-0.05, 0) is 26.8 Å². The molecule has 2 aromatic rings. The van der Waals surface area contributed by atoms with E-state index in [2.05, 4.69) is 22.0 Å². The zero-order valence-electron chi connectivity index (χ0n) is 15.2. The zero-order chi connectivity index (χ0) is 18.8. The molecular weight excluding hydrogens is 336 g/mol. The first kappa shape index (κ1) is 17.8. The Morgan fingerprint density at radius 2 is 2.15 bits per heavy atom. The summed E-state index contributed by atoms with van der Waals surface area (Å²) in [6.45, 7) is 10.8. The van der Waals surface area contributed by atoms with Gasteiger partial charge in [-0.1, -0.05) is 16.9 Å². The Morgan fingerprint density at radius 1 is 1.38 bits per heavy atom. The van der Waals surface area contributed by atoms with Gasteiger partial charge >= 0.3 is 0 Å². The summed E-state index contributed by atoms with van der Waals surface area (Å²) >= 11 is 0. The highest BCUT2D eigenvalue weighted by atomic mass is 16.5. The fourth-order valence-corrected chi connectivity index (χ4v) is 3.08. The quantitative estimate of drug-likeness (QED) is 0.750. The van der Waals surface area contributed by atoms with E-state index < -0.39 is 0 Å². The highest BCUT2D eigenvalue weighted by Gasteiger charge is 2.32. The van der Waals surface area contributed by atoms with E-state index in [1.165, 1.54) is 6.08 Å². The van der Waals surface area contributed by atoms with Crippen molar-refractivity contribution in [2.24, 2.45) is 0 Å². The standard InChI is InChI=1S/C17H22N6O3/c1-5-15(24)21-6-7-22(11(2)9-21)17(25)16-13(4)23(20-18-16)10-14-8-12(3)26-19-14/h5,8,11H,1,6-7,9-10H2,2-4H3/t11-/m0/s1. The Morgan fingerprint density at radius 3 is 2.77 bits per heavy atom. The van der Waals surface area contributed by atoms with Crippen molar-refractivity contribution in [3.05, 3.63) is 41.6 Å². The molecule has 0 spiro atoms. The number of amides is 2. The molecule has 1 aliphatic heterocycles. The summed E-state index contributed by atoms with van der Waals surface area (Å²) in [6.07, 6.45) is 1.30. The number of carbonyl (C=O) groups is 2. The SMILES string of the molecule is C=CC(=O)N1CCN(C(=O)c2nnn(Cc3cc(C)on3)c2C)[C@@H](C)C1. The minimum absolute atomic E-state index is 0.108. The van der Waals surface area contributed by atoms with Crippen LogP contribution in [0.3, 0.4) is 0 Å². The third-order valence-electron chi connectivity index (χ3n) is 4.55. The minimum Gasteiger partial charge on any atom is -0.361 e. The first-order chi connectivity index (χ1) is 12.4. The summed E-state index contributed by atoms with van der Waals surface area (Å²) in [5, 5.41) is 12.1. The molecule has 0 aromatic carbocycles. The molecule has 0 radical (unpaired) electrons. The van der Waals surface area contributed by atoms with Crippen LogP contribution in [0, 0.1) is 13.8 Å². The van der Waals surface area contributed by atoms with Crippen molar-refractivity contribution in [3.8, 4) is 0 Å². The second-order valence-corrected chi connectivity index (χ2v) is 6.45. The lowest BCUT2D eigenvalue weighted by Crippen LogP contribution is -2.55. The Hall–Kier alpha value is -2.97. The molecule has 0 saturated carbocycles. The van der Waals surface area contributed by atoms with Gasteiger partial charge in [0, 0.05) is 31.7 Å². The molecule has 1 atom stereocenters. The summed E-state index contributed by atoms with van der Waals surface area (Å²) in [5.41, 5.74) is 1.72. The number of hydrogen-bond acceptors (Lipinski definition) is 6. The van der Waals surface area contributed by atoms with Crippen LogP contribution in [-0.2, 0) is 11.3 Å². The van der Waals surface area contributed by atoms with Gasteiger partial charge in [0.05, 0.1) is 12.2 Å². The van der Waals surface area contributed by atoms with Crippen molar-refractivity contribution in [2.75, 3.05) is 19.6 Å². The van der Waals surface area contributed by atoms with Gasteiger partial charge in [0.25, 0.3) is 5.91 Å². The maximum atomic E-state index is 12.9. The van der Waals surface area contributed by atoms with Crippen LogP contribution in [0.1, 0.15) is 34.6 Å². The van der Waals surface area contributed by atoms with E-state index in [9.17, 15) is 9.59 Å². The van der Waals surface area contributed by atoms with Gasteiger partial charge in [-0.15, -0.1) is 5.10 Å². The van der Waals surface area contributed by atoms with Crippen molar-refractivity contribution in [1.82, 2.24) is 30.0 Å². The maximum absolute atomic E-state index is 12.9. The number of carbonyl (C=O) groups excluding carboxylic acids is 2. The molecule has 2 aromatic heterocycles. The molecule has 138 valence electrons. The van der Waals surface area contributed by atoms with Crippen molar-refractivity contribution >= 4 is 11.8 Å². The van der Waals surface area contributed by atoms with Gasteiger partial charge < -0.3 is 14.3 Å². The van der Waals surface area contributed by atoms with E-state index in [1.807, 2.05) is 26.8 Å². The lowest BCUT2D eigenvalue weighted by Gasteiger charge is -2.39. The molecule has 9 nitrogen and oxygen atoms in total. The van der Waals surface area contributed by atoms with Crippen molar-refractivity contribution in [2.45, 2.75) is 33.4 Å². The first-order valence-corrected chi connectivity index (χ1v) is 8.45. The van der Waals surface area contributed by atoms with Gasteiger partial charge in [-0.2, -0.15) is 0 Å². The van der Waals surface area contributed by atoms with Crippen LogP contribution in [0.4, 0.5) is 0 Å². The molecule has 3 heterocycles. The van der Waals surface area contributed by atoms with E-state index in [0.717, 1.165) is 11.5 Å². The predicted octanol–water partition coefficient (Wildman–Crippen LogP) is 0.790. The summed E-state index contributed by atoms with van der Waals surface area (Å²) in [5.74, 6) is 0.423. The predicted molar refractivity (Wildman–Crippen MR) is 92.4 cm³/mol. The number of aryl methyl sites for hydroxylation is 1. The van der Waals surface area contributed by atoms with Crippen LogP contribution < -0.4 is 0 Å². The van der Waals surface area contributed by atoms with E-state index in [1.54, 1.807) is 14.5 Å². The van der Waals surface area contributed by atoms with Gasteiger partial charge in [-0.3, -0.25) is 9.59 Å². The number of nitrogens with zero attached hydrogens (tertiary/aromatic N) is 6. The van der Waals surface area contributed by atoms with Gasteiger partial charge in [-0.25, -0.2) is 4.68 Å². The van der Waals surface area contributed by atoms with Crippen LogP contribution in [-0.4, -0.2) is 67.4 Å². The summed E-state index contributed by atoms with van der Waals surface area (Å²) in [4.78, 5) is 28.1. The first-order valence-electron chi connectivity index (χ1n) is 8.45. The average Bonchev–Trinajstić information content (AvgIpc) is 3.20. The molecule has 0 N–H and O–H groups in total. The topological polar surface area (TPSA) is 97.4 Å². The van der Waals surface area contributed by atoms with Gasteiger partial charge in [0.15, 0.2) is 5.69 Å². The number of piperazine rings is 1. The van der Waals surface area contributed by atoms with E-state index in [-0.39, 0.29) is 17.9 Å². The van der Waals surface area contributed by atoms with Gasteiger partial charge in [0.2, 0.25) is 5.91 Å². The molecule has 0 unspecified atom stereocenters. The second kappa shape index (κ2) is 7.11. The van der Waals surface area contributed by atoms with E-state index in [4.69, 9.17) is 4.52 Å². The zero-order valence-corrected chi connectivity index (χ0v) is 15.2. The Kier molecular flexibility index (Phi) is 4.88. The van der Waals surface area contributed by atoms with Crippen LogP contribution in [0.15, 0.2) is 23.2 Å². The van der Waals surface area contributed by atoms with E-state index in [0.29, 0.717) is 37.6 Å². The fourth-order valence-electron chi connectivity index (χ4n) is 3.08. The molecule has 0 aliphatic carbocycles. The largest absolute Gasteiger partial charge is 0.361 e. The lowest BCUT2D eigenvalue weighted by molar-refractivity contribution is -0.128. The van der Waals surface area contributed by atoms with Crippen LogP contribution in [0.25, 0.3) is 0 Å². The number of rotatable bonds is 4. The third-order valence-corrected chi connectivity index (χ3v) is 4.55. The summed E-state index contributed by atoms with van der Waals surface area (Å²) in [7, 11) is 0. The summed E-state index contributed by atoms with van der Waals surface area (Å²) in [6, 6.07) is 1.71. The Bertz CT molecular complexity index is 839. The van der Waals surface area contributed by atoms with Crippen LogP contribution in [0.5, 0.6) is 0 Å². The minimum atomic E-state index is -0.178. The molecular formula is C17H22N6O3. The smallest absolute Gasteiger partial charge is 0.276 e. The lowest BCUT2D eigenvalue weighted by atomic mass is 10.1. The molecule has 9 heteroatoms. The van der Waals surface area contributed by atoms with Crippen molar-refractivity contribution in [1.29, 1.82) is 0 Å². The van der Waals surface area contributed by atoms with E-state index >= 15 is 0 Å². The highest BCUT2D eigenvalue weighted by Crippen LogP contribution is 2.16. The van der Waals surface area contributed by atoms with Crippen molar-refractivity contribution < 1.29 is 14.1 Å². The fraction of sp³-hybridized carbons (Fsp3) is 0.471. The molecule has 2 amide bonds. The van der Waals surface area contributed by atoms with Crippen LogP contribution >= 0.6 is 0 Å². The van der Waals surface area contributed by atoms with Crippen molar-refractivity contribution in [3.63, 3.8) is 0 Å². The number of aromatic nitrogens is 4. The van der Waals surface area contributed by atoms with Crippen LogP contribution in [0.2, 0.25) is 0 Å². The average molecular weight is 358 g/mol. The monoisotopic (exact) mass is 358 g/mol. The normalized spacial score (nSPS) is 17.4. The third kappa shape index (κ3) is 3.37. The molecule has 26 heavy (non-hydrogen) atoms. The molecule has 1 aliphatic rings. The Labute approximate surface area is 151 Å². The molecule has 1 saturated heterocycles. The molecule has 0 bridgehead atoms. The number of hydrogen-bond donors (Lipinski definition) is 0. The highest BCUT2D eigenvalue weighted by molar-refractivity contribution is 5.94. The molecule has 1 fully saturated rings. The molecule has 3 rings (SSSR count). The Balaban J connectivity index is 1.72. The summed E-state index contributed by atoms with van der Waals surface area (Å²) < 4.78 is 6.68. The second-order valence-electron chi connectivity index (χ2n) is 6.45. The van der Waals surface area contributed by atoms with Gasteiger partial charge in [0.1, 0.15) is 11.5 Å². The maximum Gasteiger partial charge on any atom is 0.276 e.